The molecule has 0 aliphatic rings. The zero-order valence-corrected chi connectivity index (χ0v) is 16.2. The lowest BCUT2D eigenvalue weighted by atomic mass is 10.2. The molecule has 2 aromatic carbocycles. The molecular weight excluding hydrogens is 394 g/mol. The van der Waals surface area contributed by atoms with Crippen molar-refractivity contribution in [3.8, 4) is 18.7 Å². The summed E-state index contributed by atoms with van der Waals surface area (Å²) in [6.07, 6.45) is 7.49. The van der Waals surface area contributed by atoms with Gasteiger partial charge in [0.1, 0.15) is 0 Å². The summed E-state index contributed by atoms with van der Waals surface area (Å²) in [7, 11) is 1.31. The number of ether oxygens (including phenoxy) is 1. The Balaban J connectivity index is 1.99. The van der Waals surface area contributed by atoms with E-state index in [4.69, 9.17) is 23.9 Å². The quantitative estimate of drug-likeness (QED) is 0.130. The summed E-state index contributed by atoms with van der Waals surface area (Å²) in [6, 6.07) is 14.4. The van der Waals surface area contributed by atoms with Crippen molar-refractivity contribution in [2.24, 2.45) is 4.99 Å². The molecule has 0 bridgehead atoms. The summed E-state index contributed by atoms with van der Waals surface area (Å²) in [5, 5.41) is 11.6. The molecule has 3 aromatic rings. The number of terminal acetylenes is 1. The molecule has 0 aliphatic carbocycles. The van der Waals surface area contributed by atoms with Crippen molar-refractivity contribution in [3.05, 3.63) is 52.0 Å². The molecule has 0 saturated heterocycles. The van der Waals surface area contributed by atoms with E-state index in [-0.39, 0.29) is 5.96 Å². The largest absolute Gasteiger partial charge is 0.465 e. The van der Waals surface area contributed by atoms with Crippen molar-refractivity contribution in [1.29, 1.82) is 5.26 Å². The zero-order chi connectivity index (χ0) is 20.1. The van der Waals surface area contributed by atoms with Gasteiger partial charge in [-0.1, -0.05) is 6.42 Å². The average Bonchev–Trinajstić information content (AvgIpc) is 3.08. The van der Waals surface area contributed by atoms with Crippen molar-refractivity contribution in [2.45, 2.75) is 0 Å². The predicted molar refractivity (Wildman–Crippen MR) is 112 cm³/mol. The van der Waals surface area contributed by atoms with Gasteiger partial charge in [-0.25, -0.2) is 14.7 Å². The van der Waals surface area contributed by atoms with Crippen LogP contribution in [-0.4, -0.2) is 24.0 Å². The van der Waals surface area contributed by atoms with Crippen molar-refractivity contribution >= 4 is 57.1 Å². The maximum atomic E-state index is 11.6. The van der Waals surface area contributed by atoms with Crippen LogP contribution in [0.3, 0.4) is 0 Å². The van der Waals surface area contributed by atoms with E-state index < -0.39 is 5.97 Å². The highest BCUT2D eigenvalue weighted by Crippen LogP contribution is 2.25. The summed E-state index contributed by atoms with van der Waals surface area (Å²) in [5.41, 5.74) is 2.45. The highest BCUT2D eigenvalue weighted by atomic mass is 32.1. The number of H-pyrrole nitrogens is 1. The number of carbonyl (C=O) groups is 1. The zero-order valence-electron chi connectivity index (χ0n) is 14.6. The summed E-state index contributed by atoms with van der Waals surface area (Å²) in [4.78, 5) is 20.5. The summed E-state index contributed by atoms with van der Waals surface area (Å²) in [6.45, 7) is 0. The minimum Gasteiger partial charge on any atom is -0.465 e. The van der Waals surface area contributed by atoms with E-state index in [1.807, 2.05) is 18.3 Å². The summed E-state index contributed by atoms with van der Waals surface area (Å²) < 4.78 is 6.29. The summed E-state index contributed by atoms with van der Waals surface area (Å²) >= 11 is 6.58. The van der Waals surface area contributed by atoms with Crippen LogP contribution < -0.4 is 10.2 Å². The number of aromatic nitrogens is 1. The minimum absolute atomic E-state index is 0.148. The lowest BCUT2D eigenvalue weighted by molar-refractivity contribution is 0.0601. The lowest BCUT2D eigenvalue weighted by Gasteiger charge is -2.18. The number of aliphatic imine (C=N–C) groups is 1. The van der Waals surface area contributed by atoms with Gasteiger partial charge < -0.3 is 9.72 Å². The minimum atomic E-state index is -0.454. The molecule has 0 aliphatic heterocycles. The van der Waals surface area contributed by atoms with E-state index in [0.717, 1.165) is 10.2 Å². The number of thiazole rings is 1. The van der Waals surface area contributed by atoms with Crippen molar-refractivity contribution in [2.75, 3.05) is 12.0 Å². The molecule has 3 rings (SSSR count). The fourth-order valence-electron chi connectivity index (χ4n) is 2.43. The summed E-state index contributed by atoms with van der Waals surface area (Å²) in [5.74, 6) is -0.306. The number of nitrogens with one attached hydrogen (secondary N) is 2. The first-order chi connectivity index (χ1) is 13.5. The number of esters is 1. The molecular formula is C19H13N5O2S2. The molecule has 28 heavy (non-hydrogen) atoms. The Labute approximate surface area is 169 Å². The Kier molecular flexibility index (Phi) is 5.70. The van der Waals surface area contributed by atoms with E-state index in [9.17, 15) is 4.79 Å². The Hall–Kier alpha value is -3.66. The van der Waals surface area contributed by atoms with Gasteiger partial charge in [0.2, 0.25) is 5.96 Å². The number of fused-ring (bicyclic) bond motifs is 1. The topological polar surface area (TPSA) is 93.5 Å². The first-order valence-corrected chi connectivity index (χ1v) is 9.09. The van der Waals surface area contributed by atoms with Gasteiger partial charge >= 0.3 is 5.97 Å². The Morgan fingerprint density at radius 2 is 2.11 bits per heavy atom. The highest BCUT2D eigenvalue weighted by molar-refractivity contribution is 7.73. The molecule has 0 amide bonds. The smallest absolute Gasteiger partial charge is 0.337 e. The molecule has 1 heterocycles. The number of rotatable bonds is 3. The van der Waals surface area contributed by atoms with Crippen molar-refractivity contribution in [1.82, 2.24) is 10.3 Å². The van der Waals surface area contributed by atoms with Crippen LogP contribution in [0.5, 0.6) is 0 Å². The Morgan fingerprint density at radius 3 is 2.75 bits per heavy atom. The molecule has 0 radical (unpaired) electrons. The molecule has 0 saturated carbocycles. The highest BCUT2D eigenvalue weighted by Gasteiger charge is 2.14. The molecule has 7 nitrogen and oxygen atoms in total. The van der Waals surface area contributed by atoms with Gasteiger partial charge in [-0.2, -0.15) is 5.26 Å². The van der Waals surface area contributed by atoms with Crippen LogP contribution in [0.25, 0.3) is 10.2 Å². The number of benzene rings is 2. The number of methoxy groups -OCH3 is 1. The van der Waals surface area contributed by atoms with Crippen molar-refractivity contribution in [3.63, 3.8) is 0 Å². The Bertz CT molecular complexity index is 1200. The van der Waals surface area contributed by atoms with E-state index in [0.29, 0.717) is 20.9 Å². The van der Waals surface area contributed by atoms with Gasteiger partial charge in [-0.15, -0.1) is 11.3 Å². The number of anilines is 1. The van der Waals surface area contributed by atoms with Gasteiger partial charge in [0, 0.05) is 6.04 Å². The lowest BCUT2D eigenvalue weighted by Crippen LogP contribution is -2.35. The normalized spacial score (nSPS) is 10.8. The predicted octanol–water partition coefficient (Wildman–Crippen LogP) is 3.90. The molecule has 0 atom stereocenters. The van der Waals surface area contributed by atoms with Gasteiger partial charge in [0.15, 0.2) is 10.1 Å². The third kappa shape index (κ3) is 4.01. The van der Waals surface area contributed by atoms with Gasteiger partial charge in [0.05, 0.1) is 34.3 Å². The standard InChI is InChI=1S/C19H13N5O2S2/c1-3-24(14-7-4-12(5-8-14)17(25)26-2)18(21-11-20)22-13-6-9-15-16(10-13)28-19(27)23-15/h1,4-10H,2H3,(H,21,22)(H,23,27). The molecule has 9 heteroatoms. The fraction of sp³-hybridized carbons (Fsp3) is 0.0526. The van der Waals surface area contributed by atoms with Crippen LogP contribution in [0.4, 0.5) is 11.4 Å². The number of hydrogen-bond acceptors (Lipinski definition) is 6. The van der Waals surface area contributed by atoms with Gasteiger partial charge in [-0.05, 0) is 54.7 Å². The Morgan fingerprint density at radius 1 is 1.36 bits per heavy atom. The second-order valence-electron chi connectivity index (χ2n) is 5.37. The van der Waals surface area contributed by atoms with E-state index in [1.165, 1.54) is 23.3 Å². The molecule has 0 spiro atoms. The van der Waals surface area contributed by atoms with Crippen LogP contribution in [0.15, 0.2) is 47.5 Å². The molecule has 0 unspecified atom stereocenters. The van der Waals surface area contributed by atoms with E-state index in [2.05, 4.69) is 26.1 Å². The van der Waals surface area contributed by atoms with E-state index in [1.54, 1.807) is 30.3 Å². The second kappa shape index (κ2) is 8.35. The van der Waals surface area contributed by atoms with Crippen LogP contribution >= 0.6 is 23.6 Å². The number of hydrogen-bond donors (Lipinski definition) is 2. The first kappa shape index (κ1) is 19.1. The number of nitriles is 1. The molecule has 1 aromatic heterocycles. The number of nitrogens with zero attached hydrogens (tertiary/aromatic N) is 3. The molecule has 0 fully saturated rings. The maximum Gasteiger partial charge on any atom is 0.337 e. The van der Waals surface area contributed by atoms with Crippen LogP contribution in [-0.2, 0) is 4.74 Å². The molecule has 138 valence electrons. The SMILES string of the molecule is C#CN(C(=Nc1ccc2[nH]c(=S)sc2c1)NC#N)c1ccc(C(=O)OC)cc1. The molecule has 2 N–H and O–H groups in total. The number of aromatic amines is 1. The number of carbonyl (C=O) groups excluding carboxylic acids is 1. The number of guanidine groups is 1. The van der Waals surface area contributed by atoms with Crippen LogP contribution in [0.1, 0.15) is 10.4 Å². The second-order valence-corrected chi connectivity index (χ2v) is 7.09. The van der Waals surface area contributed by atoms with E-state index >= 15 is 0 Å². The maximum absolute atomic E-state index is 11.6. The first-order valence-electron chi connectivity index (χ1n) is 7.87. The third-order valence-electron chi connectivity index (χ3n) is 3.69. The van der Waals surface area contributed by atoms with Gasteiger partial charge in [0.25, 0.3) is 0 Å². The van der Waals surface area contributed by atoms with Crippen LogP contribution in [0, 0.1) is 27.9 Å². The van der Waals surface area contributed by atoms with Crippen molar-refractivity contribution < 1.29 is 9.53 Å². The fourth-order valence-corrected chi connectivity index (χ4v) is 3.58. The van der Waals surface area contributed by atoms with Crippen LogP contribution in [0.2, 0.25) is 0 Å². The third-order valence-corrected chi connectivity index (χ3v) is 4.89. The monoisotopic (exact) mass is 407 g/mol. The average molecular weight is 407 g/mol. The van der Waals surface area contributed by atoms with Gasteiger partial charge in [-0.3, -0.25) is 5.32 Å².